The van der Waals surface area contributed by atoms with Gasteiger partial charge in [0.05, 0.1) is 26.5 Å². The second-order valence-electron chi connectivity index (χ2n) is 8.25. The zero-order valence-corrected chi connectivity index (χ0v) is 20.0. The molecule has 8 heteroatoms. The molecule has 2 aromatic carbocycles. The predicted molar refractivity (Wildman–Crippen MR) is 125 cm³/mol. The highest BCUT2D eigenvalue weighted by atomic mass is 32.2. The van der Waals surface area contributed by atoms with E-state index >= 15 is 0 Å². The number of nitrogens with zero attached hydrogens (tertiary/aromatic N) is 1. The fourth-order valence-corrected chi connectivity index (χ4v) is 6.03. The summed E-state index contributed by atoms with van der Waals surface area (Å²) in [4.78, 5) is 13.1. The molecule has 1 amide bonds. The quantitative estimate of drug-likeness (QED) is 0.635. The Labute approximate surface area is 190 Å². The third kappa shape index (κ3) is 5.42. The van der Waals surface area contributed by atoms with E-state index in [1.54, 1.807) is 30.3 Å². The smallest absolute Gasteiger partial charge is 0.247 e. The minimum atomic E-state index is -3.96. The second-order valence-corrected chi connectivity index (χ2v) is 10.1. The van der Waals surface area contributed by atoms with E-state index in [4.69, 9.17) is 9.47 Å². The number of hydrogen-bond acceptors (Lipinski definition) is 5. The summed E-state index contributed by atoms with van der Waals surface area (Å²) < 4.78 is 39.6. The van der Waals surface area contributed by atoms with E-state index in [-0.39, 0.29) is 23.2 Å². The van der Waals surface area contributed by atoms with Gasteiger partial charge in [-0.2, -0.15) is 4.31 Å². The van der Waals surface area contributed by atoms with Crippen molar-refractivity contribution in [3.8, 4) is 11.5 Å². The van der Waals surface area contributed by atoms with Crippen molar-refractivity contribution in [1.82, 2.24) is 4.31 Å². The molecule has 1 aliphatic rings. The first-order valence-electron chi connectivity index (χ1n) is 10.9. The van der Waals surface area contributed by atoms with Gasteiger partial charge in [-0.1, -0.05) is 31.4 Å². The maximum absolute atomic E-state index is 13.8. The molecule has 7 nitrogen and oxygen atoms in total. The largest absolute Gasteiger partial charge is 0.495 e. The van der Waals surface area contributed by atoms with Gasteiger partial charge in [0.1, 0.15) is 16.4 Å². The molecule has 0 unspecified atom stereocenters. The van der Waals surface area contributed by atoms with Gasteiger partial charge < -0.3 is 14.8 Å². The molecule has 0 bridgehead atoms. The molecule has 1 saturated carbocycles. The van der Waals surface area contributed by atoms with Crippen molar-refractivity contribution >= 4 is 21.6 Å². The highest BCUT2D eigenvalue weighted by Gasteiger charge is 2.36. The van der Waals surface area contributed by atoms with Gasteiger partial charge in [-0.3, -0.25) is 4.79 Å². The summed E-state index contributed by atoms with van der Waals surface area (Å²) in [6.45, 7) is 3.47. The number of anilines is 1. The number of methoxy groups -OCH3 is 2. The molecule has 2 aromatic rings. The Hall–Kier alpha value is -2.58. The van der Waals surface area contributed by atoms with Crippen LogP contribution in [0.5, 0.6) is 11.5 Å². The Morgan fingerprint density at radius 1 is 0.969 bits per heavy atom. The zero-order chi connectivity index (χ0) is 23.3. The van der Waals surface area contributed by atoms with Gasteiger partial charge in [0.2, 0.25) is 15.9 Å². The highest BCUT2D eigenvalue weighted by Crippen LogP contribution is 2.33. The van der Waals surface area contributed by atoms with E-state index < -0.39 is 15.9 Å². The summed E-state index contributed by atoms with van der Waals surface area (Å²) in [5.41, 5.74) is 2.29. The van der Waals surface area contributed by atoms with Gasteiger partial charge in [-0.25, -0.2) is 8.42 Å². The van der Waals surface area contributed by atoms with Crippen LogP contribution in [0, 0.1) is 13.8 Å². The summed E-state index contributed by atoms with van der Waals surface area (Å²) in [5, 5.41) is 2.83. The lowest BCUT2D eigenvalue weighted by Gasteiger charge is -2.33. The number of ether oxygens (including phenoxy) is 2. The van der Waals surface area contributed by atoms with Crippen LogP contribution in [-0.4, -0.2) is 45.4 Å². The van der Waals surface area contributed by atoms with E-state index in [1.807, 2.05) is 19.9 Å². The summed E-state index contributed by atoms with van der Waals surface area (Å²) in [6, 6.07) is 10.3. The normalized spacial score (nSPS) is 14.9. The van der Waals surface area contributed by atoms with Gasteiger partial charge in [0.25, 0.3) is 0 Å². The third-order valence-electron chi connectivity index (χ3n) is 5.82. The maximum Gasteiger partial charge on any atom is 0.247 e. The van der Waals surface area contributed by atoms with Gasteiger partial charge in [-0.05, 0) is 62.1 Å². The van der Waals surface area contributed by atoms with Crippen molar-refractivity contribution in [2.75, 3.05) is 26.1 Å². The molecule has 0 aliphatic heterocycles. The van der Waals surface area contributed by atoms with Crippen molar-refractivity contribution in [3.05, 3.63) is 47.5 Å². The summed E-state index contributed by atoms with van der Waals surface area (Å²) >= 11 is 0. The standard InChI is InChI=1S/C24H32N2O5S/c1-17-10-12-21(30-3)20(14-17)25-24(27)16-26(19-8-6-5-7-9-19)32(28,29)23-15-18(2)11-13-22(23)31-4/h10-15,19H,5-9,16H2,1-4H3,(H,25,27). The second kappa shape index (κ2) is 10.4. The Morgan fingerprint density at radius 2 is 1.56 bits per heavy atom. The Kier molecular flexibility index (Phi) is 7.79. The van der Waals surface area contributed by atoms with Gasteiger partial charge in [-0.15, -0.1) is 0 Å². The number of carbonyl (C=O) groups excluding carboxylic acids is 1. The van der Waals surface area contributed by atoms with Gasteiger partial charge >= 0.3 is 0 Å². The van der Waals surface area contributed by atoms with Crippen LogP contribution in [0.2, 0.25) is 0 Å². The minimum absolute atomic E-state index is 0.0894. The van der Waals surface area contributed by atoms with E-state index in [2.05, 4.69) is 5.32 Å². The molecule has 0 saturated heterocycles. The van der Waals surface area contributed by atoms with Crippen LogP contribution in [0.4, 0.5) is 5.69 Å². The van der Waals surface area contributed by atoms with Crippen molar-refractivity contribution in [3.63, 3.8) is 0 Å². The number of benzene rings is 2. The average Bonchev–Trinajstić information content (AvgIpc) is 2.78. The molecule has 174 valence electrons. The molecule has 32 heavy (non-hydrogen) atoms. The summed E-state index contributed by atoms with van der Waals surface area (Å²) in [5.74, 6) is 0.392. The van der Waals surface area contributed by atoms with Crippen LogP contribution in [0.25, 0.3) is 0 Å². The number of aryl methyl sites for hydroxylation is 2. The topological polar surface area (TPSA) is 84.9 Å². The zero-order valence-electron chi connectivity index (χ0n) is 19.2. The van der Waals surface area contributed by atoms with Crippen molar-refractivity contribution in [2.24, 2.45) is 0 Å². The fourth-order valence-electron chi connectivity index (χ4n) is 4.14. The maximum atomic E-state index is 13.8. The molecule has 0 heterocycles. The predicted octanol–water partition coefficient (Wildman–Crippen LogP) is 4.28. The van der Waals surface area contributed by atoms with Crippen LogP contribution in [0.1, 0.15) is 43.2 Å². The SMILES string of the molecule is COc1ccc(C)cc1NC(=O)CN(C1CCCCC1)S(=O)(=O)c1cc(C)ccc1OC. The lowest BCUT2D eigenvalue weighted by atomic mass is 9.95. The molecule has 0 atom stereocenters. The first-order valence-corrected chi connectivity index (χ1v) is 12.3. The van der Waals surface area contributed by atoms with Crippen LogP contribution in [-0.2, 0) is 14.8 Å². The van der Waals surface area contributed by atoms with E-state index in [1.165, 1.54) is 18.5 Å². The minimum Gasteiger partial charge on any atom is -0.495 e. The Morgan fingerprint density at radius 3 is 2.19 bits per heavy atom. The molecular weight excluding hydrogens is 428 g/mol. The molecule has 3 rings (SSSR count). The van der Waals surface area contributed by atoms with Crippen LogP contribution in [0.15, 0.2) is 41.3 Å². The van der Waals surface area contributed by atoms with Crippen LogP contribution >= 0.6 is 0 Å². The fraction of sp³-hybridized carbons (Fsp3) is 0.458. The molecule has 0 aromatic heterocycles. The molecule has 0 radical (unpaired) electrons. The van der Waals surface area contributed by atoms with E-state index in [0.717, 1.165) is 43.2 Å². The van der Waals surface area contributed by atoms with Crippen molar-refractivity contribution in [1.29, 1.82) is 0 Å². The van der Waals surface area contributed by atoms with Gasteiger partial charge in [0, 0.05) is 6.04 Å². The average molecular weight is 461 g/mol. The number of sulfonamides is 1. The molecule has 1 N–H and O–H groups in total. The lowest BCUT2D eigenvalue weighted by Crippen LogP contribution is -2.45. The highest BCUT2D eigenvalue weighted by molar-refractivity contribution is 7.89. The number of rotatable bonds is 8. The van der Waals surface area contributed by atoms with Crippen molar-refractivity contribution in [2.45, 2.75) is 56.9 Å². The third-order valence-corrected chi connectivity index (χ3v) is 7.74. The van der Waals surface area contributed by atoms with Crippen molar-refractivity contribution < 1.29 is 22.7 Å². The number of amides is 1. The Balaban J connectivity index is 1.94. The molecular formula is C24H32N2O5S. The van der Waals surface area contributed by atoms with Crippen LogP contribution in [0.3, 0.4) is 0 Å². The van der Waals surface area contributed by atoms with E-state index in [0.29, 0.717) is 11.4 Å². The van der Waals surface area contributed by atoms with Gasteiger partial charge in [0.15, 0.2) is 0 Å². The van der Waals surface area contributed by atoms with Crippen LogP contribution < -0.4 is 14.8 Å². The summed E-state index contributed by atoms with van der Waals surface area (Å²) in [6.07, 6.45) is 4.41. The lowest BCUT2D eigenvalue weighted by molar-refractivity contribution is -0.116. The Bertz CT molecular complexity index is 1060. The molecule has 1 fully saturated rings. The molecule has 0 spiro atoms. The first kappa shape index (κ1) is 24.1. The van der Waals surface area contributed by atoms with E-state index in [9.17, 15) is 13.2 Å². The molecule has 1 aliphatic carbocycles. The summed E-state index contributed by atoms with van der Waals surface area (Å²) in [7, 11) is -0.980. The number of nitrogens with one attached hydrogen (secondary N) is 1. The number of hydrogen-bond donors (Lipinski definition) is 1. The first-order chi connectivity index (χ1) is 15.3. The monoisotopic (exact) mass is 460 g/mol. The number of carbonyl (C=O) groups is 1.